The maximum Gasteiger partial charge on any atom is 0.123 e. The molecule has 0 spiro atoms. The minimum absolute atomic E-state index is 0.531. The van der Waals surface area contributed by atoms with Gasteiger partial charge in [-0.05, 0) is 30.4 Å². The van der Waals surface area contributed by atoms with Crippen molar-refractivity contribution in [1.82, 2.24) is 0 Å². The van der Waals surface area contributed by atoms with E-state index < -0.39 is 0 Å². The molecular formula is C21H28O. The zero-order valence-electron chi connectivity index (χ0n) is 13.9. The summed E-state index contributed by atoms with van der Waals surface area (Å²) in [5.74, 6) is 1.43. The van der Waals surface area contributed by atoms with Crippen LogP contribution < -0.4 is 0 Å². The molecule has 118 valence electrons. The summed E-state index contributed by atoms with van der Waals surface area (Å²) >= 11 is 0. The Morgan fingerprint density at radius 2 is 1.91 bits per heavy atom. The largest absolute Gasteiger partial charge is 0.489 e. The molecule has 0 saturated carbocycles. The van der Waals surface area contributed by atoms with Crippen LogP contribution in [0.15, 0.2) is 79.1 Å². The van der Waals surface area contributed by atoms with Gasteiger partial charge in [-0.15, -0.1) is 0 Å². The average Bonchev–Trinajstić information content (AvgIpc) is 2.56. The molecule has 0 heterocycles. The number of benzene rings is 1. The van der Waals surface area contributed by atoms with E-state index in [0.717, 1.165) is 17.8 Å². The zero-order valence-corrected chi connectivity index (χ0v) is 13.9. The molecule has 1 aromatic carbocycles. The Morgan fingerprint density at radius 3 is 2.45 bits per heavy atom. The Hall–Kier alpha value is -2.02. The quantitative estimate of drug-likeness (QED) is 0.368. The fourth-order valence-electron chi connectivity index (χ4n) is 2.33. The molecule has 0 aromatic heterocycles. The number of hydrogen-bond acceptors (Lipinski definition) is 1. The standard InChI is InChI=1S/C21H28O/c1-5-12-18(7-3)16-21(20(8-4)13-6-2)22-17-19-14-10-9-11-15-19/h6,8-11,13-16,18H,2,4-5,7,12,17H2,1,3H3/b20-13+,21-16+. The summed E-state index contributed by atoms with van der Waals surface area (Å²) in [6, 6.07) is 10.2. The van der Waals surface area contributed by atoms with Crippen molar-refractivity contribution >= 4 is 0 Å². The predicted octanol–water partition coefficient (Wildman–Crippen LogP) is 6.21. The summed E-state index contributed by atoms with van der Waals surface area (Å²) in [5, 5.41) is 0. The molecule has 0 bridgehead atoms. The molecule has 0 radical (unpaired) electrons. The molecule has 0 aliphatic carbocycles. The second-order valence-electron chi connectivity index (χ2n) is 5.32. The molecule has 1 nitrogen and oxygen atoms in total. The third kappa shape index (κ3) is 6.17. The van der Waals surface area contributed by atoms with Gasteiger partial charge in [0.05, 0.1) is 0 Å². The molecule has 1 rings (SSSR count). The van der Waals surface area contributed by atoms with E-state index in [1.165, 1.54) is 18.4 Å². The predicted molar refractivity (Wildman–Crippen MR) is 96.5 cm³/mol. The van der Waals surface area contributed by atoms with Crippen LogP contribution in [-0.4, -0.2) is 0 Å². The molecule has 0 N–H and O–H groups in total. The number of hydrogen-bond donors (Lipinski definition) is 0. The Labute approximate surface area is 135 Å². The third-order valence-electron chi connectivity index (χ3n) is 3.61. The number of ether oxygens (including phenoxy) is 1. The van der Waals surface area contributed by atoms with Crippen LogP contribution in [0.5, 0.6) is 0 Å². The van der Waals surface area contributed by atoms with Gasteiger partial charge in [0.25, 0.3) is 0 Å². The van der Waals surface area contributed by atoms with Gasteiger partial charge >= 0.3 is 0 Å². The molecule has 1 atom stereocenters. The Balaban J connectivity index is 2.94. The minimum Gasteiger partial charge on any atom is -0.489 e. The van der Waals surface area contributed by atoms with Gasteiger partial charge < -0.3 is 4.74 Å². The average molecular weight is 296 g/mol. The summed E-state index contributed by atoms with van der Waals surface area (Å²) in [5.41, 5.74) is 2.15. The first kappa shape index (κ1) is 18.0. The van der Waals surface area contributed by atoms with Gasteiger partial charge in [0, 0.05) is 5.57 Å². The zero-order chi connectivity index (χ0) is 16.2. The molecule has 22 heavy (non-hydrogen) atoms. The molecule has 0 saturated heterocycles. The lowest BCUT2D eigenvalue weighted by Crippen LogP contribution is -2.01. The van der Waals surface area contributed by atoms with Gasteiger partial charge in [0.1, 0.15) is 12.4 Å². The van der Waals surface area contributed by atoms with E-state index in [4.69, 9.17) is 4.74 Å². The second-order valence-corrected chi connectivity index (χ2v) is 5.32. The van der Waals surface area contributed by atoms with Gasteiger partial charge in [-0.3, -0.25) is 0 Å². The van der Waals surface area contributed by atoms with Crippen LogP contribution in [0.4, 0.5) is 0 Å². The lowest BCUT2D eigenvalue weighted by molar-refractivity contribution is 0.204. The maximum atomic E-state index is 6.09. The van der Waals surface area contributed by atoms with E-state index in [2.05, 4.69) is 45.2 Å². The van der Waals surface area contributed by atoms with Gasteiger partial charge in [0.15, 0.2) is 0 Å². The van der Waals surface area contributed by atoms with Crippen LogP contribution in [-0.2, 0) is 11.3 Å². The molecule has 1 unspecified atom stereocenters. The van der Waals surface area contributed by atoms with Crippen LogP contribution in [0.1, 0.15) is 38.7 Å². The summed E-state index contributed by atoms with van der Waals surface area (Å²) in [6.45, 7) is 12.7. The fraction of sp³-hybridized carbons (Fsp3) is 0.333. The van der Waals surface area contributed by atoms with Crippen LogP contribution in [0, 0.1) is 5.92 Å². The van der Waals surface area contributed by atoms with Crippen molar-refractivity contribution in [2.24, 2.45) is 5.92 Å². The Bertz CT molecular complexity index is 508. The molecule has 0 amide bonds. The van der Waals surface area contributed by atoms with E-state index in [1.807, 2.05) is 30.4 Å². The van der Waals surface area contributed by atoms with Crippen molar-refractivity contribution in [1.29, 1.82) is 0 Å². The van der Waals surface area contributed by atoms with Crippen LogP contribution in [0.25, 0.3) is 0 Å². The minimum atomic E-state index is 0.531. The highest BCUT2D eigenvalue weighted by atomic mass is 16.5. The molecule has 0 aliphatic rings. The van der Waals surface area contributed by atoms with Crippen LogP contribution in [0.2, 0.25) is 0 Å². The highest BCUT2D eigenvalue weighted by Crippen LogP contribution is 2.22. The first-order valence-electron chi connectivity index (χ1n) is 8.09. The SMILES string of the molecule is C=C/C=C(C=C)/C(=C\C(CC)CCC)OCc1ccccc1. The smallest absolute Gasteiger partial charge is 0.123 e. The van der Waals surface area contributed by atoms with E-state index in [1.54, 1.807) is 6.08 Å². The summed E-state index contributed by atoms with van der Waals surface area (Å²) in [6.07, 6.45) is 11.3. The second kappa shape index (κ2) is 10.7. The summed E-state index contributed by atoms with van der Waals surface area (Å²) in [4.78, 5) is 0. The molecule has 0 aliphatic heterocycles. The molecule has 1 aromatic rings. The van der Waals surface area contributed by atoms with E-state index in [9.17, 15) is 0 Å². The maximum absolute atomic E-state index is 6.09. The monoisotopic (exact) mass is 296 g/mol. The summed E-state index contributed by atoms with van der Waals surface area (Å²) < 4.78 is 6.09. The lowest BCUT2D eigenvalue weighted by Gasteiger charge is -2.16. The highest BCUT2D eigenvalue weighted by Gasteiger charge is 2.09. The van der Waals surface area contributed by atoms with E-state index in [-0.39, 0.29) is 0 Å². The van der Waals surface area contributed by atoms with Gasteiger partial charge in [0.2, 0.25) is 0 Å². The lowest BCUT2D eigenvalue weighted by atomic mass is 9.98. The van der Waals surface area contributed by atoms with Crippen molar-refractivity contribution in [3.63, 3.8) is 0 Å². The first-order valence-corrected chi connectivity index (χ1v) is 8.09. The topological polar surface area (TPSA) is 9.23 Å². The van der Waals surface area contributed by atoms with E-state index in [0.29, 0.717) is 12.5 Å². The van der Waals surface area contributed by atoms with Gasteiger partial charge in [-0.1, -0.05) is 82.0 Å². The van der Waals surface area contributed by atoms with Crippen molar-refractivity contribution in [3.05, 3.63) is 84.7 Å². The van der Waals surface area contributed by atoms with Gasteiger partial charge in [-0.2, -0.15) is 0 Å². The van der Waals surface area contributed by atoms with Crippen LogP contribution >= 0.6 is 0 Å². The normalized spacial score (nSPS) is 13.5. The van der Waals surface area contributed by atoms with E-state index >= 15 is 0 Å². The number of rotatable bonds is 10. The Morgan fingerprint density at radius 1 is 1.18 bits per heavy atom. The Kier molecular flexibility index (Phi) is 8.74. The van der Waals surface area contributed by atoms with Crippen molar-refractivity contribution < 1.29 is 4.74 Å². The van der Waals surface area contributed by atoms with Crippen molar-refractivity contribution in [2.75, 3.05) is 0 Å². The van der Waals surface area contributed by atoms with Crippen LogP contribution in [0.3, 0.4) is 0 Å². The van der Waals surface area contributed by atoms with Gasteiger partial charge in [-0.25, -0.2) is 0 Å². The first-order chi connectivity index (χ1) is 10.7. The number of allylic oxidation sites excluding steroid dienone is 4. The van der Waals surface area contributed by atoms with Crippen molar-refractivity contribution in [3.8, 4) is 0 Å². The third-order valence-corrected chi connectivity index (χ3v) is 3.61. The summed E-state index contributed by atoms with van der Waals surface area (Å²) in [7, 11) is 0. The fourth-order valence-corrected chi connectivity index (χ4v) is 2.33. The molecule has 0 fully saturated rings. The highest BCUT2D eigenvalue weighted by molar-refractivity contribution is 5.37. The molecule has 1 heteroatoms. The van der Waals surface area contributed by atoms with Crippen molar-refractivity contribution in [2.45, 2.75) is 39.7 Å². The molecular weight excluding hydrogens is 268 g/mol.